The Kier molecular flexibility index (Phi) is 4.99. The summed E-state index contributed by atoms with van der Waals surface area (Å²) in [6, 6.07) is 7.59. The zero-order valence-corrected chi connectivity index (χ0v) is 13.9. The van der Waals surface area contributed by atoms with Crippen LogP contribution in [-0.2, 0) is 0 Å². The number of likely N-dealkylation sites (tertiary alicyclic amines) is 1. The van der Waals surface area contributed by atoms with E-state index in [-0.39, 0.29) is 11.8 Å². The molecule has 1 N–H and O–H groups in total. The third-order valence-corrected chi connectivity index (χ3v) is 5.27. The van der Waals surface area contributed by atoms with E-state index in [1.54, 1.807) is 19.1 Å². The fourth-order valence-electron chi connectivity index (χ4n) is 4.05. The summed E-state index contributed by atoms with van der Waals surface area (Å²) in [5, 5.41) is 3.00. The lowest BCUT2D eigenvalue weighted by Gasteiger charge is -2.38. The Balaban J connectivity index is 1.73. The van der Waals surface area contributed by atoms with E-state index in [9.17, 15) is 9.59 Å². The number of urea groups is 1. The Hall–Kier alpha value is -1.84. The number of rotatable bonds is 2. The minimum absolute atomic E-state index is 0.00972. The fourth-order valence-corrected chi connectivity index (χ4v) is 4.05. The lowest BCUT2D eigenvalue weighted by Crippen LogP contribution is -2.47. The fraction of sp³-hybridized carbons (Fsp3) is 0.579. The van der Waals surface area contributed by atoms with Crippen LogP contribution in [0, 0.1) is 5.92 Å². The van der Waals surface area contributed by atoms with E-state index >= 15 is 0 Å². The number of hydrogen-bond donors (Lipinski definition) is 1. The van der Waals surface area contributed by atoms with Crippen LogP contribution in [0.4, 0.5) is 10.5 Å². The van der Waals surface area contributed by atoms with Crippen LogP contribution in [0.15, 0.2) is 24.3 Å². The van der Waals surface area contributed by atoms with E-state index < -0.39 is 0 Å². The van der Waals surface area contributed by atoms with Gasteiger partial charge < -0.3 is 10.2 Å². The maximum Gasteiger partial charge on any atom is 0.322 e. The van der Waals surface area contributed by atoms with Crippen molar-refractivity contribution in [2.75, 3.05) is 11.9 Å². The molecule has 1 aliphatic heterocycles. The second-order valence-electron chi connectivity index (χ2n) is 6.87. The molecule has 0 unspecified atom stereocenters. The summed E-state index contributed by atoms with van der Waals surface area (Å²) >= 11 is 0. The topological polar surface area (TPSA) is 49.4 Å². The molecule has 0 bridgehead atoms. The molecule has 2 aliphatic rings. The molecule has 3 rings (SSSR count). The second-order valence-corrected chi connectivity index (χ2v) is 6.87. The van der Waals surface area contributed by atoms with Crippen LogP contribution in [0.3, 0.4) is 0 Å². The van der Waals surface area contributed by atoms with Crippen molar-refractivity contribution in [2.24, 2.45) is 5.92 Å². The number of Topliss-reactive ketones (excluding diaryl/α,β-unsaturated/α-hetero) is 1. The van der Waals surface area contributed by atoms with Crippen molar-refractivity contribution in [3.05, 3.63) is 29.8 Å². The zero-order chi connectivity index (χ0) is 16.2. The molecule has 1 aliphatic carbocycles. The van der Waals surface area contributed by atoms with Crippen LogP contribution in [0.25, 0.3) is 0 Å². The average molecular weight is 314 g/mol. The van der Waals surface area contributed by atoms with E-state index in [0.717, 1.165) is 19.4 Å². The summed E-state index contributed by atoms with van der Waals surface area (Å²) < 4.78 is 0. The Morgan fingerprint density at radius 3 is 2.61 bits per heavy atom. The largest absolute Gasteiger partial charge is 0.322 e. The highest BCUT2D eigenvalue weighted by Crippen LogP contribution is 2.34. The number of ketones is 1. The number of amides is 2. The van der Waals surface area contributed by atoms with Gasteiger partial charge in [0.05, 0.1) is 0 Å². The van der Waals surface area contributed by atoms with Crippen LogP contribution < -0.4 is 5.32 Å². The molecule has 1 saturated carbocycles. The van der Waals surface area contributed by atoms with Gasteiger partial charge in [-0.3, -0.25) is 4.79 Å². The van der Waals surface area contributed by atoms with Gasteiger partial charge in [0, 0.05) is 23.8 Å². The van der Waals surface area contributed by atoms with Crippen LogP contribution in [0.5, 0.6) is 0 Å². The lowest BCUT2D eigenvalue weighted by molar-refractivity contribution is 0.101. The van der Waals surface area contributed by atoms with Crippen molar-refractivity contribution in [2.45, 2.75) is 57.9 Å². The van der Waals surface area contributed by atoms with E-state index in [4.69, 9.17) is 0 Å². The van der Waals surface area contributed by atoms with E-state index in [1.807, 2.05) is 12.1 Å². The molecule has 124 valence electrons. The van der Waals surface area contributed by atoms with E-state index in [2.05, 4.69) is 10.2 Å². The number of anilines is 1. The van der Waals surface area contributed by atoms with Gasteiger partial charge in [0.15, 0.2) is 5.78 Å². The van der Waals surface area contributed by atoms with Crippen molar-refractivity contribution >= 4 is 17.5 Å². The third-order valence-electron chi connectivity index (χ3n) is 5.27. The highest BCUT2D eigenvalue weighted by atomic mass is 16.2. The van der Waals surface area contributed by atoms with Gasteiger partial charge in [0.2, 0.25) is 0 Å². The van der Waals surface area contributed by atoms with Crippen molar-refractivity contribution in [3.8, 4) is 0 Å². The Labute approximate surface area is 138 Å². The van der Waals surface area contributed by atoms with Crippen LogP contribution in [-0.4, -0.2) is 29.3 Å². The molecule has 4 nitrogen and oxygen atoms in total. The molecule has 2 amide bonds. The van der Waals surface area contributed by atoms with Gasteiger partial charge in [-0.05, 0) is 50.7 Å². The third kappa shape index (κ3) is 3.74. The van der Waals surface area contributed by atoms with Crippen molar-refractivity contribution < 1.29 is 9.59 Å². The summed E-state index contributed by atoms with van der Waals surface area (Å²) in [6.07, 6.45) is 8.49. The summed E-state index contributed by atoms with van der Waals surface area (Å²) in [7, 11) is 0. The predicted octanol–water partition coefficient (Wildman–Crippen LogP) is 4.47. The first kappa shape index (κ1) is 16.0. The van der Waals surface area contributed by atoms with Gasteiger partial charge in [-0.25, -0.2) is 4.79 Å². The summed E-state index contributed by atoms with van der Waals surface area (Å²) in [5.74, 6) is 0.684. The minimum atomic E-state index is -0.00972. The molecule has 23 heavy (non-hydrogen) atoms. The standard InChI is InChI=1S/C19H26N2O2/c1-14(22)16-9-6-10-17(13-16)20-19(23)21-12-5-4-8-15-7-2-3-11-18(15)21/h6,9-10,13,15,18H,2-5,7-8,11-12H2,1H3,(H,20,23)/t15-,18+/m1/s1. The zero-order valence-electron chi connectivity index (χ0n) is 13.9. The number of hydrogen-bond acceptors (Lipinski definition) is 2. The van der Waals surface area contributed by atoms with E-state index in [1.165, 1.54) is 32.1 Å². The molecular formula is C19H26N2O2. The molecule has 4 heteroatoms. The van der Waals surface area contributed by atoms with Crippen LogP contribution in [0.2, 0.25) is 0 Å². The summed E-state index contributed by atoms with van der Waals surface area (Å²) in [4.78, 5) is 26.3. The highest BCUT2D eigenvalue weighted by molar-refractivity contribution is 5.96. The molecule has 0 spiro atoms. The maximum absolute atomic E-state index is 12.8. The lowest BCUT2D eigenvalue weighted by atomic mass is 9.82. The number of benzene rings is 1. The molecular weight excluding hydrogens is 288 g/mol. The molecule has 1 saturated heterocycles. The number of fused-ring (bicyclic) bond motifs is 1. The average Bonchev–Trinajstić information content (AvgIpc) is 2.77. The van der Waals surface area contributed by atoms with Gasteiger partial charge >= 0.3 is 6.03 Å². The molecule has 1 aromatic carbocycles. The number of carbonyl (C=O) groups is 2. The number of carbonyl (C=O) groups excluding carboxylic acids is 2. The van der Waals surface area contributed by atoms with Crippen molar-refractivity contribution in [1.29, 1.82) is 0 Å². The summed E-state index contributed by atoms with van der Waals surface area (Å²) in [5.41, 5.74) is 1.34. The molecule has 0 radical (unpaired) electrons. The van der Waals surface area contributed by atoms with Crippen LogP contribution in [0.1, 0.15) is 62.2 Å². The number of nitrogens with one attached hydrogen (secondary N) is 1. The first-order valence-corrected chi connectivity index (χ1v) is 8.84. The van der Waals surface area contributed by atoms with Gasteiger partial charge in [0.25, 0.3) is 0 Å². The predicted molar refractivity (Wildman–Crippen MR) is 91.8 cm³/mol. The van der Waals surface area contributed by atoms with E-state index in [0.29, 0.717) is 23.2 Å². The summed E-state index contributed by atoms with van der Waals surface area (Å²) in [6.45, 7) is 2.39. The normalized spacial score (nSPS) is 24.5. The van der Waals surface area contributed by atoms with Gasteiger partial charge in [-0.1, -0.05) is 31.4 Å². The van der Waals surface area contributed by atoms with Gasteiger partial charge in [-0.15, -0.1) is 0 Å². The van der Waals surface area contributed by atoms with Crippen molar-refractivity contribution in [3.63, 3.8) is 0 Å². The Morgan fingerprint density at radius 1 is 1.09 bits per heavy atom. The highest BCUT2D eigenvalue weighted by Gasteiger charge is 2.34. The van der Waals surface area contributed by atoms with Gasteiger partial charge in [0.1, 0.15) is 0 Å². The molecule has 2 atom stereocenters. The molecule has 1 heterocycles. The van der Waals surface area contributed by atoms with Crippen LogP contribution >= 0.6 is 0 Å². The monoisotopic (exact) mass is 314 g/mol. The molecule has 2 fully saturated rings. The SMILES string of the molecule is CC(=O)c1cccc(NC(=O)N2CCCC[C@H]3CCCC[C@@H]32)c1. The van der Waals surface area contributed by atoms with Crippen molar-refractivity contribution in [1.82, 2.24) is 4.90 Å². The first-order chi connectivity index (χ1) is 11.1. The molecule has 1 aromatic rings. The molecule has 0 aromatic heterocycles. The quantitative estimate of drug-likeness (QED) is 0.819. The minimum Gasteiger partial charge on any atom is -0.321 e. The maximum atomic E-state index is 12.8. The Morgan fingerprint density at radius 2 is 1.83 bits per heavy atom. The van der Waals surface area contributed by atoms with Gasteiger partial charge in [-0.2, -0.15) is 0 Å². The Bertz CT molecular complexity index is 584. The second kappa shape index (κ2) is 7.16. The number of nitrogens with zero attached hydrogens (tertiary/aromatic N) is 1. The smallest absolute Gasteiger partial charge is 0.321 e. The first-order valence-electron chi connectivity index (χ1n) is 8.84.